The van der Waals surface area contributed by atoms with Crippen LogP contribution in [-0.2, 0) is 11.2 Å². The molecule has 6 nitrogen and oxygen atoms in total. The van der Waals surface area contributed by atoms with Crippen molar-refractivity contribution in [2.24, 2.45) is 11.7 Å². The van der Waals surface area contributed by atoms with Gasteiger partial charge in [-0.3, -0.25) is 4.79 Å². The van der Waals surface area contributed by atoms with Gasteiger partial charge in [-0.15, -0.1) is 0 Å². The van der Waals surface area contributed by atoms with Gasteiger partial charge in [-0.25, -0.2) is 0 Å². The van der Waals surface area contributed by atoms with Crippen molar-refractivity contribution in [3.05, 3.63) is 47.6 Å². The lowest BCUT2D eigenvalue weighted by Gasteiger charge is -2.17. The van der Waals surface area contributed by atoms with Crippen LogP contribution in [-0.4, -0.2) is 22.1 Å². The fourth-order valence-electron chi connectivity index (χ4n) is 1.96. The summed E-state index contributed by atoms with van der Waals surface area (Å²) in [6, 6.07) is 8.99. The lowest BCUT2D eigenvalue weighted by Crippen LogP contribution is -2.44. The molecule has 0 saturated heterocycles. The summed E-state index contributed by atoms with van der Waals surface area (Å²) in [6.07, 6.45) is 0.569. The van der Waals surface area contributed by atoms with E-state index in [1.54, 1.807) is 0 Å². The highest BCUT2D eigenvalue weighted by Gasteiger charge is 2.22. The number of hydrogen-bond donors (Lipinski definition) is 2. The van der Waals surface area contributed by atoms with Crippen molar-refractivity contribution in [3.63, 3.8) is 0 Å². The molecule has 2 aromatic rings. The van der Waals surface area contributed by atoms with Crippen LogP contribution in [0, 0.1) is 5.92 Å². The second-order valence-electron chi connectivity index (χ2n) is 5.71. The molecular formula is C16H22N4O2. The molecule has 2 atom stereocenters. The van der Waals surface area contributed by atoms with E-state index in [1.165, 1.54) is 0 Å². The van der Waals surface area contributed by atoms with Crippen LogP contribution in [0.15, 0.2) is 34.9 Å². The lowest BCUT2D eigenvalue weighted by molar-refractivity contribution is -0.123. The van der Waals surface area contributed by atoms with Crippen molar-refractivity contribution in [2.45, 2.75) is 39.3 Å². The van der Waals surface area contributed by atoms with Crippen molar-refractivity contribution in [1.82, 2.24) is 15.5 Å². The monoisotopic (exact) mass is 302 g/mol. The molecule has 0 fully saturated rings. The number of amides is 1. The van der Waals surface area contributed by atoms with Gasteiger partial charge < -0.3 is 15.6 Å². The molecule has 0 aliphatic carbocycles. The normalized spacial score (nSPS) is 13.9. The molecule has 1 heterocycles. The van der Waals surface area contributed by atoms with Gasteiger partial charge in [-0.1, -0.05) is 49.3 Å². The Kier molecular flexibility index (Phi) is 5.27. The van der Waals surface area contributed by atoms with Crippen LogP contribution >= 0.6 is 0 Å². The number of aromatic nitrogens is 2. The number of rotatable bonds is 6. The van der Waals surface area contributed by atoms with Gasteiger partial charge in [0, 0.05) is 0 Å². The second kappa shape index (κ2) is 7.17. The summed E-state index contributed by atoms with van der Waals surface area (Å²) >= 11 is 0. The number of nitrogens with zero attached hydrogens (tertiary/aromatic N) is 2. The summed E-state index contributed by atoms with van der Waals surface area (Å²) < 4.78 is 5.24. The Hall–Kier alpha value is -2.21. The van der Waals surface area contributed by atoms with Crippen LogP contribution in [0.3, 0.4) is 0 Å². The minimum atomic E-state index is -0.543. The zero-order valence-corrected chi connectivity index (χ0v) is 13.1. The quantitative estimate of drug-likeness (QED) is 0.849. The Bertz CT molecular complexity index is 610. The summed E-state index contributed by atoms with van der Waals surface area (Å²) in [5.74, 6) is 0.841. The van der Waals surface area contributed by atoms with Gasteiger partial charge in [0.1, 0.15) is 0 Å². The summed E-state index contributed by atoms with van der Waals surface area (Å²) in [4.78, 5) is 16.3. The van der Waals surface area contributed by atoms with Crippen LogP contribution in [0.5, 0.6) is 0 Å². The molecule has 0 spiro atoms. The van der Waals surface area contributed by atoms with E-state index in [-0.39, 0.29) is 17.9 Å². The molecule has 118 valence electrons. The smallest absolute Gasteiger partial charge is 0.237 e. The molecule has 0 aliphatic rings. The Morgan fingerprint density at radius 3 is 2.59 bits per heavy atom. The van der Waals surface area contributed by atoms with Crippen molar-refractivity contribution in [3.8, 4) is 0 Å². The number of carbonyl (C=O) groups is 1. The average molecular weight is 302 g/mol. The average Bonchev–Trinajstić information content (AvgIpc) is 2.96. The van der Waals surface area contributed by atoms with Gasteiger partial charge in [-0.2, -0.15) is 4.98 Å². The van der Waals surface area contributed by atoms with E-state index in [1.807, 2.05) is 51.1 Å². The van der Waals surface area contributed by atoms with Crippen molar-refractivity contribution >= 4 is 5.91 Å². The van der Waals surface area contributed by atoms with Crippen molar-refractivity contribution < 1.29 is 9.32 Å². The molecule has 1 aromatic carbocycles. The minimum absolute atomic E-state index is 0.0751. The number of hydrogen-bond acceptors (Lipinski definition) is 5. The van der Waals surface area contributed by atoms with Crippen LogP contribution in [0.2, 0.25) is 0 Å². The van der Waals surface area contributed by atoms with Gasteiger partial charge in [0.15, 0.2) is 5.82 Å². The van der Waals surface area contributed by atoms with Crippen LogP contribution in [0.4, 0.5) is 0 Å². The summed E-state index contributed by atoms with van der Waals surface area (Å²) in [5.41, 5.74) is 6.91. The third-order valence-corrected chi connectivity index (χ3v) is 3.45. The molecule has 3 N–H and O–H groups in total. The van der Waals surface area contributed by atoms with Crippen LogP contribution in [0.1, 0.15) is 44.1 Å². The molecule has 0 radical (unpaired) electrons. The molecule has 0 saturated carbocycles. The number of carbonyl (C=O) groups excluding carboxylic acids is 1. The first-order chi connectivity index (χ1) is 10.5. The van der Waals surface area contributed by atoms with Crippen molar-refractivity contribution in [1.29, 1.82) is 0 Å². The molecule has 1 aromatic heterocycles. The maximum Gasteiger partial charge on any atom is 0.237 e. The number of nitrogens with two attached hydrogens (primary N) is 1. The third kappa shape index (κ3) is 4.14. The van der Waals surface area contributed by atoms with Crippen LogP contribution < -0.4 is 11.1 Å². The maximum absolute atomic E-state index is 11.9. The first-order valence-electron chi connectivity index (χ1n) is 7.39. The minimum Gasteiger partial charge on any atom is -0.345 e. The van der Waals surface area contributed by atoms with E-state index in [2.05, 4.69) is 15.5 Å². The topological polar surface area (TPSA) is 94.0 Å². The zero-order chi connectivity index (χ0) is 16.1. The lowest BCUT2D eigenvalue weighted by atomic mass is 10.0. The predicted octanol–water partition coefficient (Wildman–Crippen LogP) is 1.82. The van der Waals surface area contributed by atoms with E-state index >= 15 is 0 Å². The predicted molar refractivity (Wildman–Crippen MR) is 82.9 cm³/mol. The molecule has 22 heavy (non-hydrogen) atoms. The first-order valence-corrected chi connectivity index (χ1v) is 7.39. The van der Waals surface area contributed by atoms with Gasteiger partial charge in [0.05, 0.1) is 18.5 Å². The van der Waals surface area contributed by atoms with Crippen LogP contribution in [0.25, 0.3) is 0 Å². The second-order valence-corrected chi connectivity index (χ2v) is 5.71. The number of nitrogens with one attached hydrogen (secondary N) is 1. The molecular weight excluding hydrogens is 280 g/mol. The SMILES string of the molecule is CC(NC(=O)C(N)C(C)C)c1noc(Cc2ccccc2)n1. The molecule has 0 bridgehead atoms. The third-order valence-electron chi connectivity index (χ3n) is 3.45. The summed E-state index contributed by atoms with van der Waals surface area (Å²) in [5, 5.41) is 6.73. The maximum atomic E-state index is 11.9. The Morgan fingerprint density at radius 1 is 1.27 bits per heavy atom. The molecule has 2 unspecified atom stereocenters. The summed E-state index contributed by atoms with van der Waals surface area (Å²) in [7, 11) is 0. The fourth-order valence-corrected chi connectivity index (χ4v) is 1.96. The highest BCUT2D eigenvalue weighted by molar-refractivity contribution is 5.82. The van der Waals surface area contributed by atoms with E-state index in [4.69, 9.17) is 10.3 Å². The van der Waals surface area contributed by atoms with E-state index < -0.39 is 6.04 Å². The fraction of sp³-hybridized carbons (Fsp3) is 0.438. The summed E-state index contributed by atoms with van der Waals surface area (Å²) in [6.45, 7) is 5.62. The van der Waals surface area contributed by atoms with E-state index in [0.717, 1.165) is 5.56 Å². The van der Waals surface area contributed by atoms with Gasteiger partial charge in [-0.05, 0) is 18.4 Å². The van der Waals surface area contributed by atoms with E-state index in [9.17, 15) is 4.79 Å². The van der Waals surface area contributed by atoms with Crippen molar-refractivity contribution in [2.75, 3.05) is 0 Å². The Labute approximate surface area is 130 Å². The van der Waals surface area contributed by atoms with Gasteiger partial charge in [0.2, 0.25) is 11.8 Å². The van der Waals surface area contributed by atoms with Gasteiger partial charge in [0.25, 0.3) is 0 Å². The molecule has 6 heteroatoms. The first kappa shape index (κ1) is 16.2. The molecule has 2 rings (SSSR count). The Balaban J connectivity index is 1.97. The molecule has 0 aliphatic heterocycles. The standard InChI is InChI=1S/C16H22N4O2/c1-10(2)14(17)16(21)18-11(3)15-19-13(22-20-15)9-12-7-5-4-6-8-12/h4-8,10-11,14H,9,17H2,1-3H3,(H,18,21). The zero-order valence-electron chi connectivity index (χ0n) is 13.1. The van der Waals surface area contributed by atoms with E-state index in [0.29, 0.717) is 18.1 Å². The van der Waals surface area contributed by atoms with Gasteiger partial charge >= 0.3 is 0 Å². The highest BCUT2D eigenvalue weighted by Crippen LogP contribution is 2.12. The highest BCUT2D eigenvalue weighted by atomic mass is 16.5. The largest absolute Gasteiger partial charge is 0.345 e. The Morgan fingerprint density at radius 2 is 1.95 bits per heavy atom. The number of benzene rings is 1. The molecule has 1 amide bonds.